The molecule has 0 aromatic carbocycles. The molecule has 6 nitrogen and oxygen atoms in total. The zero-order valence-corrected chi connectivity index (χ0v) is 12.9. The Labute approximate surface area is 135 Å². The van der Waals surface area contributed by atoms with E-state index in [1.807, 2.05) is 24.3 Å². The Morgan fingerprint density at radius 2 is 1.96 bits per heavy atom. The highest BCUT2D eigenvalue weighted by atomic mass is 16.5. The van der Waals surface area contributed by atoms with Crippen molar-refractivity contribution in [3.8, 4) is 0 Å². The van der Waals surface area contributed by atoms with Crippen molar-refractivity contribution in [2.75, 3.05) is 38.2 Å². The third kappa shape index (κ3) is 4.26. The van der Waals surface area contributed by atoms with Crippen LogP contribution in [0.5, 0.6) is 0 Å². The van der Waals surface area contributed by atoms with Crippen LogP contribution in [0.2, 0.25) is 0 Å². The van der Waals surface area contributed by atoms with Gasteiger partial charge in [0.05, 0.1) is 18.8 Å². The molecule has 3 rings (SSSR count). The predicted octanol–water partition coefficient (Wildman–Crippen LogP) is 1.60. The van der Waals surface area contributed by atoms with E-state index < -0.39 is 0 Å². The molecule has 0 aliphatic carbocycles. The molecule has 1 N–H and O–H groups in total. The van der Waals surface area contributed by atoms with E-state index in [0.717, 1.165) is 18.8 Å². The van der Waals surface area contributed by atoms with Crippen LogP contribution in [0.1, 0.15) is 15.9 Å². The zero-order valence-electron chi connectivity index (χ0n) is 12.9. The quantitative estimate of drug-likeness (QED) is 0.908. The van der Waals surface area contributed by atoms with Gasteiger partial charge in [-0.1, -0.05) is 0 Å². The highest BCUT2D eigenvalue weighted by Crippen LogP contribution is 2.10. The Hall–Kier alpha value is -2.47. The molecule has 6 heteroatoms. The fourth-order valence-corrected chi connectivity index (χ4v) is 2.46. The Balaban J connectivity index is 1.51. The summed E-state index contributed by atoms with van der Waals surface area (Å²) in [6.45, 7) is 3.28. The second-order valence-electron chi connectivity index (χ2n) is 5.37. The van der Waals surface area contributed by atoms with Gasteiger partial charge in [-0.3, -0.25) is 9.78 Å². The molecular weight excluding hydrogens is 292 g/mol. The summed E-state index contributed by atoms with van der Waals surface area (Å²) in [4.78, 5) is 22.4. The number of morpholine rings is 1. The minimum atomic E-state index is 0.0177. The summed E-state index contributed by atoms with van der Waals surface area (Å²) in [5, 5.41) is 3.26. The van der Waals surface area contributed by atoms with Crippen LogP contribution in [0, 0.1) is 0 Å². The SMILES string of the molecule is O=C(c1ccc(NCCc2ccncc2)nc1)N1CCOCC1. The third-order valence-corrected chi connectivity index (χ3v) is 3.78. The molecule has 0 spiro atoms. The first kappa shape index (κ1) is 15.4. The summed E-state index contributed by atoms with van der Waals surface area (Å²) < 4.78 is 5.26. The number of pyridine rings is 2. The largest absolute Gasteiger partial charge is 0.378 e. The van der Waals surface area contributed by atoms with Gasteiger partial charge in [-0.15, -0.1) is 0 Å². The Bertz CT molecular complexity index is 625. The van der Waals surface area contributed by atoms with Gasteiger partial charge in [0.25, 0.3) is 5.91 Å². The number of rotatable bonds is 5. The second-order valence-corrected chi connectivity index (χ2v) is 5.37. The molecule has 1 saturated heterocycles. The number of aromatic nitrogens is 2. The lowest BCUT2D eigenvalue weighted by molar-refractivity contribution is 0.0302. The minimum absolute atomic E-state index is 0.0177. The van der Waals surface area contributed by atoms with Crippen LogP contribution in [0.3, 0.4) is 0 Å². The topological polar surface area (TPSA) is 67.4 Å². The molecule has 23 heavy (non-hydrogen) atoms. The summed E-state index contributed by atoms with van der Waals surface area (Å²) >= 11 is 0. The zero-order chi connectivity index (χ0) is 15.9. The van der Waals surface area contributed by atoms with E-state index in [1.54, 1.807) is 23.5 Å². The number of anilines is 1. The summed E-state index contributed by atoms with van der Waals surface area (Å²) in [5.41, 5.74) is 1.85. The van der Waals surface area contributed by atoms with Gasteiger partial charge in [0.15, 0.2) is 0 Å². The Morgan fingerprint density at radius 1 is 1.17 bits per heavy atom. The average molecular weight is 312 g/mol. The lowest BCUT2D eigenvalue weighted by Crippen LogP contribution is -2.40. The number of carbonyl (C=O) groups is 1. The van der Waals surface area contributed by atoms with Crippen LogP contribution < -0.4 is 5.32 Å². The molecule has 120 valence electrons. The standard InChI is InChI=1S/C17H20N4O2/c22-17(21-9-11-23-12-10-21)15-1-2-16(20-13-15)19-8-5-14-3-6-18-7-4-14/h1-4,6-7,13H,5,8-12H2,(H,19,20). The predicted molar refractivity (Wildman–Crippen MR) is 87.4 cm³/mol. The molecule has 1 aliphatic rings. The van der Waals surface area contributed by atoms with Crippen molar-refractivity contribution in [2.24, 2.45) is 0 Å². The molecule has 1 aliphatic heterocycles. The van der Waals surface area contributed by atoms with Crippen molar-refractivity contribution < 1.29 is 9.53 Å². The number of carbonyl (C=O) groups excluding carboxylic acids is 1. The van der Waals surface area contributed by atoms with E-state index in [9.17, 15) is 4.79 Å². The van der Waals surface area contributed by atoms with Gasteiger partial charge in [0.1, 0.15) is 5.82 Å². The summed E-state index contributed by atoms with van der Waals surface area (Å²) in [5.74, 6) is 0.793. The minimum Gasteiger partial charge on any atom is -0.378 e. The summed E-state index contributed by atoms with van der Waals surface area (Å²) in [6, 6.07) is 7.66. The molecule has 0 saturated carbocycles. The molecule has 0 radical (unpaired) electrons. The van der Waals surface area contributed by atoms with Crippen molar-refractivity contribution >= 4 is 11.7 Å². The fourth-order valence-electron chi connectivity index (χ4n) is 2.46. The number of amides is 1. The van der Waals surface area contributed by atoms with Gasteiger partial charge >= 0.3 is 0 Å². The van der Waals surface area contributed by atoms with E-state index in [0.29, 0.717) is 31.9 Å². The van der Waals surface area contributed by atoms with Crippen LogP contribution in [-0.2, 0) is 11.2 Å². The molecule has 0 bridgehead atoms. The van der Waals surface area contributed by atoms with Gasteiger partial charge < -0.3 is 15.0 Å². The van der Waals surface area contributed by atoms with E-state index >= 15 is 0 Å². The lowest BCUT2D eigenvalue weighted by atomic mass is 10.2. The molecule has 2 aromatic heterocycles. The highest BCUT2D eigenvalue weighted by molar-refractivity contribution is 5.94. The molecular formula is C17H20N4O2. The summed E-state index contributed by atoms with van der Waals surface area (Å²) in [7, 11) is 0. The van der Waals surface area contributed by atoms with Crippen molar-refractivity contribution in [1.82, 2.24) is 14.9 Å². The normalized spacial score (nSPS) is 14.5. The van der Waals surface area contributed by atoms with Crippen molar-refractivity contribution in [2.45, 2.75) is 6.42 Å². The number of hydrogen-bond acceptors (Lipinski definition) is 5. The van der Waals surface area contributed by atoms with Gasteiger partial charge in [0.2, 0.25) is 0 Å². The van der Waals surface area contributed by atoms with Crippen molar-refractivity contribution in [3.63, 3.8) is 0 Å². The van der Waals surface area contributed by atoms with Crippen LogP contribution in [0.4, 0.5) is 5.82 Å². The van der Waals surface area contributed by atoms with Crippen molar-refractivity contribution in [3.05, 3.63) is 54.0 Å². The molecule has 2 aromatic rings. The maximum Gasteiger partial charge on any atom is 0.255 e. The summed E-state index contributed by atoms with van der Waals surface area (Å²) in [6.07, 6.45) is 6.12. The van der Waals surface area contributed by atoms with Crippen LogP contribution >= 0.6 is 0 Å². The van der Waals surface area contributed by atoms with E-state index in [1.165, 1.54) is 5.56 Å². The fraction of sp³-hybridized carbons (Fsp3) is 0.353. The van der Waals surface area contributed by atoms with Crippen LogP contribution in [0.25, 0.3) is 0 Å². The highest BCUT2D eigenvalue weighted by Gasteiger charge is 2.18. The molecule has 0 unspecified atom stereocenters. The van der Waals surface area contributed by atoms with E-state index in [2.05, 4.69) is 15.3 Å². The maximum absolute atomic E-state index is 12.3. The lowest BCUT2D eigenvalue weighted by Gasteiger charge is -2.26. The number of nitrogens with one attached hydrogen (secondary N) is 1. The average Bonchev–Trinajstić information content (AvgIpc) is 2.63. The number of hydrogen-bond donors (Lipinski definition) is 1. The first-order valence-electron chi connectivity index (χ1n) is 7.79. The number of nitrogens with zero attached hydrogens (tertiary/aromatic N) is 3. The van der Waals surface area contributed by atoms with E-state index in [4.69, 9.17) is 4.74 Å². The Kier molecular flexibility index (Phi) is 5.16. The Morgan fingerprint density at radius 3 is 2.65 bits per heavy atom. The van der Waals surface area contributed by atoms with Crippen LogP contribution in [0.15, 0.2) is 42.9 Å². The third-order valence-electron chi connectivity index (χ3n) is 3.78. The van der Waals surface area contributed by atoms with E-state index in [-0.39, 0.29) is 5.91 Å². The molecule has 0 atom stereocenters. The van der Waals surface area contributed by atoms with Crippen molar-refractivity contribution in [1.29, 1.82) is 0 Å². The van der Waals surface area contributed by atoms with Gasteiger partial charge in [-0.2, -0.15) is 0 Å². The first-order valence-corrected chi connectivity index (χ1v) is 7.79. The van der Waals surface area contributed by atoms with Gasteiger partial charge in [0, 0.05) is 38.2 Å². The maximum atomic E-state index is 12.3. The van der Waals surface area contributed by atoms with Crippen LogP contribution in [-0.4, -0.2) is 53.6 Å². The molecule has 1 amide bonds. The number of ether oxygens (including phenoxy) is 1. The smallest absolute Gasteiger partial charge is 0.255 e. The molecule has 1 fully saturated rings. The molecule has 3 heterocycles. The first-order chi connectivity index (χ1) is 11.3. The second kappa shape index (κ2) is 7.69. The van der Waals surface area contributed by atoms with Gasteiger partial charge in [-0.25, -0.2) is 4.98 Å². The monoisotopic (exact) mass is 312 g/mol. The van der Waals surface area contributed by atoms with Gasteiger partial charge in [-0.05, 0) is 36.2 Å².